The molecule has 0 saturated carbocycles. The molecule has 114 valence electrons. The highest BCUT2D eigenvalue weighted by molar-refractivity contribution is 5.84. The molecule has 1 saturated heterocycles. The number of nitrogens with zero attached hydrogens (tertiary/aromatic N) is 1. The monoisotopic (exact) mass is 293 g/mol. The molecule has 1 aliphatic heterocycles. The first-order chi connectivity index (χ1) is 10.7. The van der Waals surface area contributed by atoms with Crippen molar-refractivity contribution < 1.29 is 4.79 Å². The second-order valence-corrected chi connectivity index (χ2v) is 6.44. The Kier molecular flexibility index (Phi) is 4.28. The number of carbonyl (C=O) groups is 1. The summed E-state index contributed by atoms with van der Waals surface area (Å²) >= 11 is 0. The maximum atomic E-state index is 13.0. The number of piperidine rings is 1. The highest BCUT2D eigenvalue weighted by atomic mass is 16.2. The third-order valence-electron chi connectivity index (χ3n) is 4.72. The molecule has 1 amide bonds. The van der Waals surface area contributed by atoms with Crippen molar-refractivity contribution >= 4 is 5.91 Å². The summed E-state index contributed by atoms with van der Waals surface area (Å²) in [7, 11) is 1.94. The molecule has 2 aromatic carbocycles. The Morgan fingerprint density at radius 1 is 0.909 bits per heavy atom. The number of hydrogen-bond donors (Lipinski definition) is 0. The summed E-state index contributed by atoms with van der Waals surface area (Å²) in [5.74, 6) is 0.298. The molecule has 0 aromatic heterocycles. The molecule has 0 N–H and O–H groups in total. The van der Waals surface area contributed by atoms with Gasteiger partial charge in [-0.2, -0.15) is 0 Å². The first-order valence-electron chi connectivity index (χ1n) is 8.03. The van der Waals surface area contributed by atoms with Gasteiger partial charge in [0.15, 0.2) is 0 Å². The number of hydrogen-bond acceptors (Lipinski definition) is 1. The quantitative estimate of drug-likeness (QED) is 0.841. The van der Waals surface area contributed by atoms with E-state index in [1.807, 2.05) is 24.1 Å². The molecule has 1 aliphatic rings. The van der Waals surface area contributed by atoms with Gasteiger partial charge in [-0.25, -0.2) is 0 Å². The van der Waals surface area contributed by atoms with E-state index in [2.05, 4.69) is 48.5 Å². The SMILES string of the molecule is CN1CCCC(Cc2ccccc2)(Cc2ccccc2)C1=O. The normalized spacial score (nSPS) is 17.5. The maximum Gasteiger partial charge on any atom is 0.229 e. The number of benzene rings is 2. The van der Waals surface area contributed by atoms with Crippen LogP contribution in [0.3, 0.4) is 0 Å². The fraction of sp³-hybridized carbons (Fsp3) is 0.350. The van der Waals surface area contributed by atoms with Gasteiger partial charge in [-0.15, -0.1) is 0 Å². The first-order valence-corrected chi connectivity index (χ1v) is 8.03. The molecule has 0 atom stereocenters. The van der Waals surface area contributed by atoms with Crippen molar-refractivity contribution in [2.45, 2.75) is 25.7 Å². The maximum absolute atomic E-state index is 13.0. The molecule has 2 heteroatoms. The van der Waals surface area contributed by atoms with Gasteiger partial charge in [0.25, 0.3) is 0 Å². The van der Waals surface area contributed by atoms with Crippen LogP contribution >= 0.6 is 0 Å². The molecule has 1 heterocycles. The van der Waals surface area contributed by atoms with Crippen molar-refractivity contribution in [3.8, 4) is 0 Å². The van der Waals surface area contributed by atoms with Crippen molar-refractivity contribution in [3.05, 3.63) is 71.8 Å². The minimum atomic E-state index is -0.296. The Hall–Kier alpha value is -2.09. The van der Waals surface area contributed by atoms with E-state index in [0.29, 0.717) is 5.91 Å². The fourth-order valence-electron chi connectivity index (χ4n) is 3.63. The summed E-state index contributed by atoms with van der Waals surface area (Å²) in [5.41, 5.74) is 2.21. The second kappa shape index (κ2) is 6.35. The van der Waals surface area contributed by atoms with Crippen LogP contribution in [0.4, 0.5) is 0 Å². The van der Waals surface area contributed by atoms with E-state index in [1.54, 1.807) is 0 Å². The Bertz CT molecular complexity index is 579. The molecule has 1 fully saturated rings. The fourth-order valence-corrected chi connectivity index (χ4v) is 3.63. The first kappa shape index (κ1) is 14.8. The molecule has 3 rings (SSSR count). The molecule has 0 bridgehead atoms. The van der Waals surface area contributed by atoms with Crippen molar-refractivity contribution in [2.24, 2.45) is 5.41 Å². The average Bonchev–Trinajstić information content (AvgIpc) is 2.54. The molecule has 22 heavy (non-hydrogen) atoms. The zero-order valence-electron chi connectivity index (χ0n) is 13.2. The van der Waals surface area contributed by atoms with Crippen LogP contribution in [0.15, 0.2) is 60.7 Å². The van der Waals surface area contributed by atoms with Gasteiger partial charge < -0.3 is 4.90 Å². The second-order valence-electron chi connectivity index (χ2n) is 6.44. The predicted octanol–water partition coefficient (Wildman–Crippen LogP) is 3.71. The van der Waals surface area contributed by atoms with Crippen LogP contribution in [0.2, 0.25) is 0 Å². The van der Waals surface area contributed by atoms with E-state index in [-0.39, 0.29) is 5.41 Å². The summed E-state index contributed by atoms with van der Waals surface area (Å²) in [4.78, 5) is 14.9. The Labute approximate surface area is 132 Å². The average molecular weight is 293 g/mol. The third-order valence-corrected chi connectivity index (χ3v) is 4.72. The van der Waals surface area contributed by atoms with E-state index in [4.69, 9.17) is 0 Å². The van der Waals surface area contributed by atoms with Gasteiger partial charge in [-0.05, 0) is 36.8 Å². The molecular formula is C20H23NO. The Balaban J connectivity index is 1.93. The highest BCUT2D eigenvalue weighted by Crippen LogP contribution is 2.37. The van der Waals surface area contributed by atoms with Crippen LogP contribution in [-0.2, 0) is 17.6 Å². The van der Waals surface area contributed by atoms with E-state index in [9.17, 15) is 4.79 Å². The number of carbonyl (C=O) groups excluding carboxylic acids is 1. The lowest BCUT2D eigenvalue weighted by molar-refractivity contribution is -0.144. The van der Waals surface area contributed by atoms with E-state index < -0.39 is 0 Å². The molecule has 2 nitrogen and oxygen atoms in total. The summed E-state index contributed by atoms with van der Waals surface area (Å²) in [6.45, 7) is 0.879. The third kappa shape index (κ3) is 3.06. The van der Waals surface area contributed by atoms with Crippen LogP contribution in [0.1, 0.15) is 24.0 Å². The van der Waals surface area contributed by atoms with Gasteiger partial charge in [0.2, 0.25) is 5.91 Å². The van der Waals surface area contributed by atoms with E-state index >= 15 is 0 Å². The van der Waals surface area contributed by atoms with Crippen molar-refractivity contribution in [2.75, 3.05) is 13.6 Å². The summed E-state index contributed by atoms with van der Waals surface area (Å²) in [5, 5.41) is 0. The van der Waals surface area contributed by atoms with Crippen LogP contribution in [0.25, 0.3) is 0 Å². The van der Waals surface area contributed by atoms with Gasteiger partial charge in [0, 0.05) is 13.6 Å². The molecule has 0 aliphatic carbocycles. The van der Waals surface area contributed by atoms with Crippen molar-refractivity contribution in [1.82, 2.24) is 4.90 Å². The Morgan fingerprint density at radius 2 is 1.41 bits per heavy atom. The summed E-state index contributed by atoms with van der Waals surface area (Å²) < 4.78 is 0. The van der Waals surface area contributed by atoms with Gasteiger partial charge in [0.05, 0.1) is 5.41 Å². The lowest BCUT2D eigenvalue weighted by atomic mass is 9.70. The van der Waals surface area contributed by atoms with E-state index in [0.717, 1.165) is 32.2 Å². The van der Waals surface area contributed by atoms with Gasteiger partial charge in [0.1, 0.15) is 0 Å². The number of rotatable bonds is 4. The van der Waals surface area contributed by atoms with Crippen LogP contribution < -0.4 is 0 Å². The van der Waals surface area contributed by atoms with Gasteiger partial charge >= 0.3 is 0 Å². The van der Waals surface area contributed by atoms with Crippen molar-refractivity contribution in [1.29, 1.82) is 0 Å². The van der Waals surface area contributed by atoms with E-state index in [1.165, 1.54) is 11.1 Å². The topological polar surface area (TPSA) is 20.3 Å². The highest BCUT2D eigenvalue weighted by Gasteiger charge is 2.42. The molecule has 0 unspecified atom stereocenters. The standard InChI is InChI=1S/C20H23NO/c1-21-14-8-13-20(19(21)22,15-17-9-4-2-5-10-17)16-18-11-6-3-7-12-18/h2-7,9-12H,8,13-16H2,1H3. The predicted molar refractivity (Wildman–Crippen MR) is 89.6 cm³/mol. The van der Waals surface area contributed by atoms with Crippen LogP contribution in [0, 0.1) is 5.41 Å². The molecule has 0 spiro atoms. The largest absolute Gasteiger partial charge is 0.345 e. The Morgan fingerprint density at radius 3 is 1.91 bits per heavy atom. The number of likely N-dealkylation sites (tertiary alicyclic amines) is 1. The zero-order valence-corrected chi connectivity index (χ0v) is 13.2. The minimum absolute atomic E-state index is 0.296. The lowest BCUT2D eigenvalue weighted by Crippen LogP contribution is -2.49. The number of amides is 1. The zero-order chi connectivity index (χ0) is 15.4. The summed E-state index contributed by atoms with van der Waals surface area (Å²) in [6, 6.07) is 20.8. The van der Waals surface area contributed by atoms with Gasteiger partial charge in [-0.1, -0.05) is 60.7 Å². The van der Waals surface area contributed by atoms with Crippen LogP contribution in [0.5, 0.6) is 0 Å². The molecule has 2 aromatic rings. The molecule has 0 radical (unpaired) electrons. The van der Waals surface area contributed by atoms with Gasteiger partial charge in [-0.3, -0.25) is 4.79 Å². The van der Waals surface area contributed by atoms with Crippen LogP contribution in [-0.4, -0.2) is 24.4 Å². The minimum Gasteiger partial charge on any atom is -0.345 e. The lowest BCUT2D eigenvalue weighted by Gasteiger charge is -2.40. The molecular weight excluding hydrogens is 270 g/mol. The summed E-state index contributed by atoms with van der Waals surface area (Å²) in [6.07, 6.45) is 3.71. The smallest absolute Gasteiger partial charge is 0.229 e. The van der Waals surface area contributed by atoms with Crippen molar-refractivity contribution in [3.63, 3.8) is 0 Å².